The minimum atomic E-state index is -5.07. The number of benzene rings is 2. The number of pyridine rings is 1. The van der Waals surface area contributed by atoms with E-state index < -0.39 is 40.5 Å². The maximum atomic E-state index is 13.0. The summed E-state index contributed by atoms with van der Waals surface area (Å²) in [5.41, 5.74) is -3.53. The SMILES string of the molecule is COCc1cc(=O)[nH]c2cc(NC(=O)c3cc(C(F)(F)F)cc(C(F)(F)F)c3)ccc12. The highest BCUT2D eigenvalue weighted by Gasteiger charge is 2.37. The number of carbonyl (C=O) groups is 1. The molecule has 0 aliphatic heterocycles. The fourth-order valence-electron chi connectivity index (χ4n) is 2.97. The van der Waals surface area contributed by atoms with Crippen molar-refractivity contribution in [1.29, 1.82) is 0 Å². The van der Waals surface area contributed by atoms with Crippen LogP contribution in [0.5, 0.6) is 0 Å². The molecule has 31 heavy (non-hydrogen) atoms. The minimum absolute atomic E-state index is 0.0606. The Hall–Kier alpha value is -3.34. The quantitative estimate of drug-likeness (QED) is 0.559. The van der Waals surface area contributed by atoms with Crippen LogP contribution < -0.4 is 10.9 Å². The summed E-state index contributed by atoms with van der Waals surface area (Å²) in [6.07, 6.45) is -10.1. The van der Waals surface area contributed by atoms with Gasteiger partial charge in [0, 0.05) is 29.8 Å². The second-order valence-corrected chi connectivity index (χ2v) is 6.60. The number of ether oxygens (including phenoxy) is 1. The first-order valence-electron chi connectivity index (χ1n) is 8.64. The first-order chi connectivity index (χ1) is 14.4. The molecule has 0 saturated heterocycles. The van der Waals surface area contributed by atoms with Gasteiger partial charge in [-0.1, -0.05) is 6.07 Å². The molecule has 1 aromatic heterocycles. The van der Waals surface area contributed by atoms with Gasteiger partial charge in [-0.2, -0.15) is 26.3 Å². The zero-order chi connectivity index (χ0) is 23.0. The Labute approximate surface area is 170 Å². The van der Waals surface area contributed by atoms with E-state index in [-0.39, 0.29) is 18.4 Å². The van der Waals surface area contributed by atoms with Gasteiger partial charge < -0.3 is 15.0 Å². The molecule has 0 bridgehead atoms. The Kier molecular flexibility index (Phi) is 5.81. The fourth-order valence-corrected chi connectivity index (χ4v) is 2.97. The van der Waals surface area contributed by atoms with Gasteiger partial charge in [0.1, 0.15) is 0 Å². The second kappa shape index (κ2) is 8.06. The summed E-state index contributed by atoms with van der Waals surface area (Å²) < 4.78 is 83.0. The molecule has 0 saturated carbocycles. The molecule has 5 nitrogen and oxygen atoms in total. The number of aromatic nitrogens is 1. The molecule has 0 unspecified atom stereocenters. The topological polar surface area (TPSA) is 71.2 Å². The van der Waals surface area contributed by atoms with Crippen LogP contribution in [0.2, 0.25) is 0 Å². The van der Waals surface area contributed by atoms with Gasteiger partial charge in [-0.05, 0) is 35.9 Å². The van der Waals surface area contributed by atoms with Crippen LogP contribution in [0.25, 0.3) is 10.9 Å². The van der Waals surface area contributed by atoms with Gasteiger partial charge in [0.05, 0.1) is 23.3 Å². The molecule has 11 heteroatoms. The molecule has 1 amide bonds. The molecule has 2 N–H and O–H groups in total. The Morgan fingerprint density at radius 3 is 2.13 bits per heavy atom. The Morgan fingerprint density at radius 2 is 1.58 bits per heavy atom. The van der Waals surface area contributed by atoms with Crippen molar-refractivity contribution in [2.75, 3.05) is 12.4 Å². The predicted octanol–water partition coefficient (Wildman–Crippen LogP) is 4.96. The number of amides is 1. The van der Waals surface area contributed by atoms with Crippen LogP contribution in [0.4, 0.5) is 32.0 Å². The summed E-state index contributed by atoms with van der Waals surface area (Å²) in [6.45, 7) is 0.135. The molecule has 0 fully saturated rings. The summed E-state index contributed by atoms with van der Waals surface area (Å²) in [4.78, 5) is 26.7. The number of nitrogens with one attached hydrogen (secondary N) is 2. The number of rotatable bonds is 4. The maximum Gasteiger partial charge on any atom is 0.416 e. The lowest BCUT2D eigenvalue weighted by Crippen LogP contribution is -2.17. The monoisotopic (exact) mass is 444 g/mol. The van der Waals surface area contributed by atoms with Gasteiger partial charge in [0.2, 0.25) is 5.56 Å². The van der Waals surface area contributed by atoms with E-state index in [9.17, 15) is 35.9 Å². The van der Waals surface area contributed by atoms with Crippen molar-refractivity contribution in [3.05, 3.63) is 75.1 Å². The van der Waals surface area contributed by atoms with E-state index in [1.54, 1.807) is 0 Å². The summed E-state index contributed by atoms with van der Waals surface area (Å²) in [6, 6.07) is 6.21. The zero-order valence-electron chi connectivity index (χ0n) is 15.7. The summed E-state index contributed by atoms with van der Waals surface area (Å²) in [5.74, 6) is -1.17. The highest BCUT2D eigenvalue weighted by atomic mass is 19.4. The molecule has 0 aliphatic carbocycles. The predicted molar refractivity (Wildman–Crippen MR) is 99.7 cm³/mol. The van der Waals surface area contributed by atoms with E-state index in [1.165, 1.54) is 31.4 Å². The molecular weight excluding hydrogens is 430 g/mol. The summed E-state index contributed by atoms with van der Waals surface area (Å²) in [5, 5.41) is 2.85. The lowest BCUT2D eigenvalue weighted by Gasteiger charge is -2.14. The van der Waals surface area contributed by atoms with Gasteiger partial charge in [-0.15, -0.1) is 0 Å². The van der Waals surface area contributed by atoms with Gasteiger partial charge in [0.25, 0.3) is 5.91 Å². The highest BCUT2D eigenvalue weighted by Crippen LogP contribution is 2.36. The summed E-state index contributed by atoms with van der Waals surface area (Å²) in [7, 11) is 1.44. The van der Waals surface area contributed by atoms with E-state index >= 15 is 0 Å². The normalized spacial score (nSPS) is 12.2. The number of halogens is 6. The first kappa shape index (κ1) is 22.3. The standard InChI is InChI=1S/C20H14F6N2O3/c1-31-9-11-6-17(29)28-16-8-14(2-3-15(11)16)27-18(30)10-4-12(19(21,22)23)7-13(5-10)20(24,25)26/h2-8H,9H2,1H3,(H,27,30)(H,28,29). The number of carbonyl (C=O) groups excluding carboxylic acids is 1. The molecule has 3 rings (SSSR count). The molecule has 2 aromatic carbocycles. The van der Waals surface area contributed by atoms with Crippen LogP contribution in [0, 0.1) is 0 Å². The van der Waals surface area contributed by atoms with Crippen LogP contribution in [-0.4, -0.2) is 18.0 Å². The number of fused-ring (bicyclic) bond motifs is 1. The average molecular weight is 444 g/mol. The maximum absolute atomic E-state index is 13.0. The minimum Gasteiger partial charge on any atom is -0.380 e. The molecule has 1 heterocycles. The molecule has 0 atom stereocenters. The van der Waals surface area contributed by atoms with E-state index in [4.69, 9.17) is 4.74 Å². The average Bonchev–Trinajstić information content (AvgIpc) is 2.66. The number of anilines is 1. The third kappa shape index (κ3) is 5.05. The van der Waals surface area contributed by atoms with Crippen LogP contribution in [-0.2, 0) is 23.7 Å². The Balaban J connectivity index is 1.99. The van der Waals surface area contributed by atoms with Gasteiger partial charge in [-0.3, -0.25) is 9.59 Å². The molecule has 0 spiro atoms. The van der Waals surface area contributed by atoms with E-state index in [0.29, 0.717) is 28.6 Å². The number of hydrogen-bond acceptors (Lipinski definition) is 3. The van der Waals surface area contributed by atoms with Crippen molar-refractivity contribution in [2.45, 2.75) is 19.0 Å². The third-order valence-electron chi connectivity index (χ3n) is 4.34. The smallest absolute Gasteiger partial charge is 0.380 e. The molecule has 0 aliphatic rings. The number of aromatic amines is 1. The molecule has 0 radical (unpaired) electrons. The Morgan fingerprint density at radius 1 is 0.968 bits per heavy atom. The first-order valence-corrected chi connectivity index (χ1v) is 8.64. The molecule has 164 valence electrons. The highest BCUT2D eigenvalue weighted by molar-refractivity contribution is 6.05. The summed E-state index contributed by atoms with van der Waals surface area (Å²) >= 11 is 0. The lowest BCUT2D eigenvalue weighted by atomic mass is 10.0. The fraction of sp³-hybridized carbons (Fsp3) is 0.200. The zero-order valence-corrected chi connectivity index (χ0v) is 15.7. The molecule has 3 aromatic rings. The van der Waals surface area contributed by atoms with E-state index in [0.717, 1.165) is 0 Å². The van der Waals surface area contributed by atoms with Crippen molar-refractivity contribution in [3.8, 4) is 0 Å². The largest absolute Gasteiger partial charge is 0.416 e. The van der Waals surface area contributed by atoms with Gasteiger partial charge >= 0.3 is 12.4 Å². The van der Waals surface area contributed by atoms with E-state index in [1.807, 2.05) is 0 Å². The molecular formula is C20H14F6N2O3. The van der Waals surface area contributed by atoms with Crippen molar-refractivity contribution >= 4 is 22.5 Å². The Bertz CT molecular complexity index is 1170. The van der Waals surface area contributed by atoms with Crippen LogP contribution in [0.15, 0.2) is 47.3 Å². The van der Waals surface area contributed by atoms with Crippen LogP contribution in [0.3, 0.4) is 0 Å². The van der Waals surface area contributed by atoms with Crippen molar-refractivity contribution in [3.63, 3.8) is 0 Å². The van der Waals surface area contributed by atoms with Crippen LogP contribution >= 0.6 is 0 Å². The lowest BCUT2D eigenvalue weighted by molar-refractivity contribution is -0.143. The van der Waals surface area contributed by atoms with E-state index in [2.05, 4.69) is 10.3 Å². The van der Waals surface area contributed by atoms with Crippen molar-refractivity contribution in [1.82, 2.24) is 4.98 Å². The number of methoxy groups -OCH3 is 1. The number of H-pyrrole nitrogens is 1. The van der Waals surface area contributed by atoms with Crippen LogP contribution in [0.1, 0.15) is 27.0 Å². The van der Waals surface area contributed by atoms with Gasteiger partial charge in [0.15, 0.2) is 0 Å². The second-order valence-electron chi connectivity index (χ2n) is 6.60. The number of hydrogen-bond donors (Lipinski definition) is 2. The van der Waals surface area contributed by atoms with Crippen molar-refractivity contribution in [2.24, 2.45) is 0 Å². The number of alkyl halides is 6. The van der Waals surface area contributed by atoms with Crippen molar-refractivity contribution < 1.29 is 35.9 Å². The van der Waals surface area contributed by atoms with Gasteiger partial charge in [-0.25, -0.2) is 0 Å². The third-order valence-corrected chi connectivity index (χ3v) is 4.34.